The first kappa shape index (κ1) is 13.7. The van der Waals surface area contributed by atoms with Crippen LogP contribution in [-0.2, 0) is 11.0 Å². The molecule has 0 fully saturated rings. The molecule has 1 aromatic heterocycles. The third-order valence-corrected chi connectivity index (χ3v) is 4.52. The minimum Gasteiger partial charge on any atom is -0.255 e. The Kier molecular flexibility index (Phi) is 3.68. The number of rotatable bonds is 3. The molecule has 0 saturated heterocycles. The van der Waals surface area contributed by atoms with Gasteiger partial charge in [0.25, 0.3) is 0 Å². The summed E-state index contributed by atoms with van der Waals surface area (Å²) >= 11 is 0. The molecule has 0 radical (unpaired) electrons. The van der Waals surface area contributed by atoms with Gasteiger partial charge in [0, 0.05) is 11.6 Å². The summed E-state index contributed by atoms with van der Waals surface area (Å²) in [4.78, 5) is 4.92. The van der Waals surface area contributed by atoms with Gasteiger partial charge in [-0.3, -0.25) is 4.98 Å². The average molecular weight is 297 g/mol. The van der Waals surface area contributed by atoms with Crippen molar-refractivity contribution in [2.75, 3.05) is 4.41 Å². The van der Waals surface area contributed by atoms with Crippen molar-refractivity contribution in [1.82, 2.24) is 4.98 Å². The van der Waals surface area contributed by atoms with Crippen LogP contribution in [0.2, 0.25) is 0 Å². The van der Waals surface area contributed by atoms with Crippen LogP contribution in [0, 0.1) is 6.92 Å². The highest BCUT2D eigenvalue weighted by Gasteiger charge is 2.15. The molecule has 0 aliphatic heterocycles. The molecule has 0 bridgehead atoms. The van der Waals surface area contributed by atoms with Crippen molar-refractivity contribution >= 4 is 27.6 Å². The highest BCUT2D eigenvalue weighted by atomic mass is 32.2. The highest BCUT2D eigenvalue weighted by molar-refractivity contribution is 7.86. The Balaban J connectivity index is 2.02. The summed E-state index contributed by atoms with van der Waals surface area (Å²) in [5, 5.41) is 0.945. The minimum atomic E-state index is -1.51. The molecular weight excluding hydrogens is 282 g/mol. The van der Waals surface area contributed by atoms with Gasteiger partial charge in [-0.25, -0.2) is 14.5 Å². The van der Waals surface area contributed by atoms with E-state index in [1.54, 1.807) is 12.3 Å². The Bertz CT molecular complexity index is 797. The molecule has 106 valence electrons. The number of aromatic nitrogens is 1. The molecule has 1 atom stereocenters. The summed E-state index contributed by atoms with van der Waals surface area (Å²) < 4.78 is 14.0. The molecule has 2 N–H and O–H groups in total. The predicted octanol–water partition coefficient (Wildman–Crippen LogP) is 2.95. The second-order valence-electron chi connectivity index (χ2n) is 4.74. The first-order valence-electron chi connectivity index (χ1n) is 6.54. The lowest BCUT2D eigenvalue weighted by Gasteiger charge is -2.18. The van der Waals surface area contributed by atoms with Gasteiger partial charge in [0.15, 0.2) is 11.0 Å². The van der Waals surface area contributed by atoms with E-state index in [0.29, 0.717) is 16.1 Å². The molecule has 0 amide bonds. The van der Waals surface area contributed by atoms with Gasteiger partial charge in [-0.15, -0.1) is 0 Å². The van der Waals surface area contributed by atoms with Gasteiger partial charge < -0.3 is 0 Å². The van der Waals surface area contributed by atoms with Crippen molar-refractivity contribution in [2.45, 2.75) is 11.8 Å². The van der Waals surface area contributed by atoms with Crippen LogP contribution in [0.25, 0.3) is 10.9 Å². The van der Waals surface area contributed by atoms with Crippen molar-refractivity contribution in [3.05, 3.63) is 66.4 Å². The van der Waals surface area contributed by atoms with Crippen LogP contribution in [0.15, 0.2) is 65.7 Å². The summed E-state index contributed by atoms with van der Waals surface area (Å²) in [7, 11) is -1.51. The Morgan fingerprint density at radius 2 is 1.76 bits per heavy atom. The monoisotopic (exact) mass is 297 g/mol. The van der Waals surface area contributed by atoms with Gasteiger partial charge in [-0.2, -0.15) is 0 Å². The maximum Gasteiger partial charge on any atom is 0.169 e. The number of hydrazine groups is 1. The molecular formula is C16H15N3OS. The number of nitrogens with two attached hydrogens (primary N) is 1. The van der Waals surface area contributed by atoms with E-state index in [9.17, 15) is 4.21 Å². The number of nitrogens with zero attached hydrogens (tertiary/aromatic N) is 2. The summed E-state index contributed by atoms with van der Waals surface area (Å²) in [5.41, 5.74) is 2.54. The van der Waals surface area contributed by atoms with Crippen LogP contribution in [0.4, 0.5) is 5.69 Å². The topological polar surface area (TPSA) is 59.2 Å². The van der Waals surface area contributed by atoms with E-state index >= 15 is 0 Å². The van der Waals surface area contributed by atoms with Crippen LogP contribution >= 0.6 is 0 Å². The van der Waals surface area contributed by atoms with E-state index in [1.165, 1.54) is 4.41 Å². The maximum absolute atomic E-state index is 12.7. The molecule has 1 heterocycles. The van der Waals surface area contributed by atoms with Crippen LogP contribution in [-0.4, -0.2) is 9.19 Å². The lowest BCUT2D eigenvalue weighted by molar-refractivity contribution is 0.680. The standard InChI is InChI=1S/C16H15N3OS/c1-12-7-9-14(10-8-12)19(17)21(20)15-6-2-4-13-5-3-11-18-16(13)15/h2-11H,17H2,1H3. The van der Waals surface area contributed by atoms with E-state index in [0.717, 1.165) is 10.9 Å². The zero-order chi connectivity index (χ0) is 14.8. The number of fused-ring (bicyclic) bond motifs is 1. The summed E-state index contributed by atoms with van der Waals surface area (Å²) in [6, 6.07) is 17.0. The molecule has 0 aliphatic carbocycles. The molecule has 3 rings (SSSR count). The number of aryl methyl sites for hydroxylation is 1. The molecule has 0 spiro atoms. The molecule has 5 heteroatoms. The second kappa shape index (κ2) is 5.63. The molecule has 2 aromatic carbocycles. The van der Waals surface area contributed by atoms with Crippen molar-refractivity contribution in [3.8, 4) is 0 Å². The Morgan fingerprint density at radius 1 is 1.05 bits per heavy atom. The molecule has 3 aromatic rings. The van der Waals surface area contributed by atoms with Gasteiger partial charge in [-0.05, 0) is 31.2 Å². The molecule has 1 unspecified atom stereocenters. The summed E-state index contributed by atoms with van der Waals surface area (Å²) in [5.74, 6) is 6.02. The second-order valence-corrected chi connectivity index (χ2v) is 6.07. The normalized spacial score (nSPS) is 12.3. The van der Waals surface area contributed by atoms with E-state index < -0.39 is 11.0 Å². The minimum absolute atomic E-state index is 0.608. The van der Waals surface area contributed by atoms with E-state index in [2.05, 4.69) is 4.98 Å². The van der Waals surface area contributed by atoms with Crippen molar-refractivity contribution in [2.24, 2.45) is 5.84 Å². The van der Waals surface area contributed by atoms with Gasteiger partial charge in [-0.1, -0.05) is 35.9 Å². The number of benzene rings is 2. The van der Waals surface area contributed by atoms with Gasteiger partial charge in [0.05, 0.1) is 16.1 Å². The van der Waals surface area contributed by atoms with E-state index in [4.69, 9.17) is 5.84 Å². The fourth-order valence-corrected chi connectivity index (χ4v) is 3.17. The fraction of sp³-hybridized carbons (Fsp3) is 0.0625. The van der Waals surface area contributed by atoms with Crippen molar-refractivity contribution in [3.63, 3.8) is 0 Å². The Labute approximate surface area is 125 Å². The third kappa shape index (κ3) is 2.66. The summed E-state index contributed by atoms with van der Waals surface area (Å²) in [6.07, 6.45) is 1.69. The van der Waals surface area contributed by atoms with Gasteiger partial charge >= 0.3 is 0 Å². The summed E-state index contributed by atoms with van der Waals surface area (Å²) in [6.45, 7) is 2.00. The zero-order valence-electron chi connectivity index (χ0n) is 11.6. The molecule has 0 aliphatic rings. The van der Waals surface area contributed by atoms with Gasteiger partial charge in [0.1, 0.15) is 0 Å². The largest absolute Gasteiger partial charge is 0.255 e. The molecule has 4 nitrogen and oxygen atoms in total. The number of pyridine rings is 1. The number of para-hydroxylation sites is 1. The predicted molar refractivity (Wildman–Crippen MR) is 86.0 cm³/mol. The van der Waals surface area contributed by atoms with Crippen LogP contribution in [0.1, 0.15) is 5.56 Å². The number of hydrogen-bond acceptors (Lipinski definition) is 3. The maximum atomic E-state index is 12.7. The average Bonchev–Trinajstić information content (AvgIpc) is 2.53. The van der Waals surface area contributed by atoms with E-state index in [1.807, 2.05) is 55.5 Å². The number of anilines is 1. The quantitative estimate of drug-likeness (QED) is 0.597. The zero-order valence-corrected chi connectivity index (χ0v) is 12.4. The first-order valence-corrected chi connectivity index (χ1v) is 7.64. The van der Waals surface area contributed by atoms with Crippen LogP contribution in [0.3, 0.4) is 0 Å². The Morgan fingerprint density at radius 3 is 2.52 bits per heavy atom. The smallest absolute Gasteiger partial charge is 0.169 e. The van der Waals surface area contributed by atoms with Crippen LogP contribution in [0.5, 0.6) is 0 Å². The molecule has 21 heavy (non-hydrogen) atoms. The van der Waals surface area contributed by atoms with Crippen molar-refractivity contribution in [1.29, 1.82) is 0 Å². The fourth-order valence-electron chi connectivity index (χ4n) is 2.11. The lowest BCUT2D eigenvalue weighted by Crippen LogP contribution is -2.33. The Hall–Kier alpha value is -2.24. The van der Waals surface area contributed by atoms with Crippen molar-refractivity contribution < 1.29 is 4.21 Å². The highest BCUT2D eigenvalue weighted by Crippen LogP contribution is 2.23. The first-order chi connectivity index (χ1) is 10.2. The molecule has 0 saturated carbocycles. The third-order valence-electron chi connectivity index (χ3n) is 3.25. The van der Waals surface area contributed by atoms with Crippen LogP contribution < -0.4 is 10.3 Å². The SMILES string of the molecule is Cc1ccc(N(N)S(=O)c2cccc3cccnc23)cc1. The van der Waals surface area contributed by atoms with E-state index in [-0.39, 0.29) is 0 Å². The van der Waals surface area contributed by atoms with Gasteiger partial charge in [0.2, 0.25) is 0 Å². The number of hydrogen-bond donors (Lipinski definition) is 1. The lowest BCUT2D eigenvalue weighted by atomic mass is 10.2.